The lowest BCUT2D eigenvalue weighted by atomic mass is 10.3. The molecule has 58 valence electrons. The zero-order valence-corrected chi connectivity index (χ0v) is 7.44. The van der Waals surface area contributed by atoms with E-state index in [0.717, 1.165) is 16.7 Å². The Balaban J connectivity index is 2.86. The lowest BCUT2D eigenvalue weighted by Gasteiger charge is -1.84. The van der Waals surface area contributed by atoms with Crippen molar-refractivity contribution in [2.45, 2.75) is 13.8 Å². The fraction of sp³-hybridized carbons (Fsp3) is 0.222. The molecule has 0 unspecified atom stereocenters. The Morgan fingerprint density at radius 1 is 1.55 bits per heavy atom. The van der Waals surface area contributed by atoms with Crippen molar-refractivity contribution in [3.05, 3.63) is 27.5 Å². The molecular weight excluding hydrogens is 156 g/mol. The van der Waals surface area contributed by atoms with Gasteiger partial charge in [0.1, 0.15) is 6.29 Å². The van der Waals surface area contributed by atoms with Crippen LogP contribution < -0.4 is 0 Å². The van der Waals surface area contributed by atoms with Gasteiger partial charge < -0.3 is 0 Å². The molecule has 0 amide bonds. The second-order valence-electron chi connectivity index (χ2n) is 2.45. The first-order valence-electron chi connectivity index (χ1n) is 3.42. The average Bonchev–Trinajstić information content (AvgIpc) is 2.35. The standard InChI is InChI=1S/C9H10OS/c1-7(6-10)5-9-4-3-8(2)11-9/h3-6H,1-2H3. The van der Waals surface area contributed by atoms with Gasteiger partial charge in [-0.3, -0.25) is 4.79 Å². The predicted molar refractivity (Wildman–Crippen MR) is 48.8 cm³/mol. The normalized spacial score (nSPS) is 11.6. The molecular formula is C9H10OS. The minimum atomic E-state index is 0.770. The summed E-state index contributed by atoms with van der Waals surface area (Å²) in [5, 5.41) is 0. The molecule has 1 aromatic rings. The van der Waals surface area contributed by atoms with E-state index >= 15 is 0 Å². The van der Waals surface area contributed by atoms with E-state index in [0.29, 0.717) is 0 Å². The highest BCUT2D eigenvalue weighted by Crippen LogP contribution is 2.17. The van der Waals surface area contributed by atoms with Crippen molar-refractivity contribution in [1.82, 2.24) is 0 Å². The Morgan fingerprint density at radius 3 is 2.73 bits per heavy atom. The predicted octanol–water partition coefficient (Wildman–Crippen LogP) is 2.66. The van der Waals surface area contributed by atoms with Crippen LogP contribution in [0.2, 0.25) is 0 Å². The molecule has 0 radical (unpaired) electrons. The molecule has 0 saturated heterocycles. The van der Waals surface area contributed by atoms with Gasteiger partial charge in [-0.25, -0.2) is 0 Å². The van der Waals surface area contributed by atoms with Crippen LogP contribution in [0.15, 0.2) is 17.7 Å². The lowest BCUT2D eigenvalue weighted by Crippen LogP contribution is -1.72. The van der Waals surface area contributed by atoms with Gasteiger partial charge in [0.15, 0.2) is 0 Å². The summed E-state index contributed by atoms with van der Waals surface area (Å²) in [6.45, 7) is 3.86. The second kappa shape index (κ2) is 3.49. The molecule has 1 nitrogen and oxygen atoms in total. The third-order valence-corrected chi connectivity index (χ3v) is 2.26. The molecule has 0 fully saturated rings. The molecule has 0 aliphatic heterocycles. The SMILES string of the molecule is CC(C=O)=Cc1ccc(C)s1. The van der Waals surface area contributed by atoms with Crippen molar-refractivity contribution in [1.29, 1.82) is 0 Å². The summed E-state index contributed by atoms with van der Waals surface area (Å²) in [4.78, 5) is 12.7. The Bertz CT molecular complexity index is 284. The molecule has 0 spiro atoms. The number of thiophene rings is 1. The van der Waals surface area contributed by atoms with Crippen molar-refractivity contribution < 1.29 is 4.79 Å². The highest BCUT2D eigenvalue weighted by Gasteiger charge is 1.92. The van der Waals surface area contributed by atoms with Crippen molar-refractivity contribution in [3.8, 4) is 0 Å². The topological polar surface area (TPSA) is 17.1 Å². The van der Waals surface area contributed by atoms with Gasteiger partial charge in [0.25, 0.3) is 0 Å². The average molecular weight is 166 g/mol. The van der Waals surface area contributed by atoms with E-state index in [4.69, 9.17) is 0 Å². The van der Waals surface area contributed by atoms with Crippen LogP contribution >= 0.6 is 11.3 Å². The summed E-state index contributed by atoms with van der Waals surface area (Å²) in [7, 11) is 0. The van der Waals surface area contributed by atoms with E-state index in [1.807, 2.05) is 19.1 Å². The molecule has 1 aromatic heterocycles. The summed E-state index contributed by atoms with van der Waals surface area (Å²) in [6, 6.07) is 4.07. The first-order chi connectivity index (χ1) is 5.22. The Kier molecular flexibility index (Phi) is 2.60. The van der Waals surface area contributed by atoms with Crippen LogP contribution in [0, 0.1) is 6.92 Å². The molecule has 1 heterocycles. The molecule has 0 bridgehead atoms. The maximum absolute atomic E-state index is 10.3. The van der Waals surface area contributed by atoms with E-state index in [1.54, 1.807) is 11.3 Å². The van der Waals surface area contributed by atoms with Crippen molar-refractivity contribution in [3.63, 3.8) is 0 Å². The van der Waals surface area contributed by atoms with Gasteiger partial charge in [-0.15, -0.1) is 11.3 Å². The number of carbonyl (C=O) groups is 1. The summed E-state index contributed by atoms with van der Waals surface area (Å²) < 4.78 is 0. The fourth-order valence-corrected chi connectivity index (χ4v) is 1.68. The molecule has 0 saturated carbocycles. The summed E-state index contributed by atoms with van der Waals surface area (Å²) >= 11 is 1.70. The molecule has 0 aliphatic rings. The van der Waals surface area contributed by atoms with Gasteiger partial charge in [0, 0.05) is 9.75 Å². The van der Waals surface area contributed by atoms with Gasteiger partial charge in [-0.1, -0.05) is 0 Å². The van der Waals surface area contributed by atoms with Gasteiger partial charge >= 0.3 is 0 Å². The summed E-state index contributed by atoms with van der Waals surface area (Å²) in [5.74, 6) is 0. The molecule has 11 heavy (non-hydrogen) atoms. The van der Waals surface area contributed by atoms with Gasteiger partial charge in [-0.05, 0) is 37.6 Å². The van der Waals surface area contributed by atoms with Crippen LogP contribution in [0.3, 0.4) is 0 Å². The lowest BCUT2D eigenvalue weighted by molar-refractivity contribution is -0.104. The third-order valence-electron chi connectivity index (χ3n) is 1.32. The van der Waals surface area contributed by atoms with E-state index in [2.05, 4.69) is 13.0 Å². The second-order valence-corrected chi connectivity index (χ2v) is 3.77. The monoisotopic (exact) mass is 166 g/mol. The zero-order valence-electron chi connectivity index (χ0n) is 6.63. The highest BCUT2D eigenvalue weighted by atomic mass is 32.1. The largest absolute Gasteiger partial charge is 0.298 e. The van der Waals surface area contributed by atoms with Crippen molar-refractivity contribution >= 4 is 23.7 Å². The summed E-state index contributed by atoms with van der Waals surface area (Å²) in [6.07, 6.45) is 2.76. The van der Waals surface area contributed by atoms with Crippen molar-refractivity contribution in [2.24, 2.45) is 0 Å². The molecule has 0 aromatic carbocycles. The quantitative estimate of drug-likeness (QED) is 0.487. The fourth-order valence-electron chi connectivity index (χ4n) is 0.789. The first-order valence-corrected chi connectivity index (χ1v) is 4.24. The molecule has 0 atom stereocenters. The first kappa shape index (κ1) is 8.21. The van der Waals surface area contributed by atoms with Crippen LogP contribution in [0.25, 0.3) is 6.08 Å². The minimum absolute atomic E-state index is 0.770. The van der Waals surface area contributed by atoms with Gasteiger partial charge in [0.05, 0.1) is 0 Å². The minimum Gasteiger partial charge on any atom is -0.298 e. The Hall–Kier alpha value is -0.890. The molecule has 0 aliphatic carbocycles. The van der Waals surface area contributed by atoms with E-state index in [1.165, 1.54) is 4.88 Å². The smallest absolute Gasteiger partial charge is 0.145 e. The molecule has 0 N–H and O–H groups in total. The molecule has 2 heteroatoms. The van der Waals surface area contributed by atoms with E-state index in [9.17, 15) is 4.79 Å². The highest BCUT2D eigenvalue weighted by molar-refractivity contribution is 7.12. The molecule has 1 rings (SSSR count). The van der Waals surface area contributed by atoms with Crippen LogP contribution in [-0.4, -0.2) is 6.29 Å². The number of aldehydes is 1. The van der Waals surface area contributed by atoms with Crippen LogP contribution in [0.1, 0.15) is 16.7 Å². The van der Waals surface area contributed by atoms with Crippen LogP contribution in [0.4, 0.5) is 0 Å². The number of rotatable bonds is 2. The maximum atomic E-state index is 10.3. The van der Waals surface area contributed by atoms with Crippen molar-refractivity contribution in [2.75, 3.05) is 0 Å². The van der Waals surface area contributed by atoms with E-state index in [-0.39, 0.29) is 0 Å². The van der Waals surface area contributed by atoms with E-state index < -0.39 is 0 Å². The Morgan fingerprint density at radius 2 is 2.27 bits per heavy atom. The number of allylic oxidation sites excluding steroid dienone is 1. The third kappa shape index (κ3) is 2.31. The van der Waals surface area contributed by atoms with Gasteiger partial charge in [-0.2, -0.15) is 0 Å². The Labute approximate surface area is 70.4 Å². The zero-order chi connectivity index (χ0) is 8.27. The summed E-state index contributed by atoms with van der Waals surface area (Å²) in [5.41, 5.74) is 0.770. The number of hydrogen-bond donors (Lipinski definition) is 0. The van der Waals surface area contributed by atoms with Gasteiger partial charge in [0.2, 0.25) is 0 Å². The number of aryl methyl sites for hydroxylation is 1. The number of hydrogen-bond acceptors (Lipinski definition) is 2. The van der Waals surface area contributed by atoms with Crippen LogP contribution in [0.5, 0.6) is 0 Å². The number of carbonyl (C=O) groups excluding carboxylic acids is 1. The van der Waals surface area contributed by atoms with Crippen LogP contribution in [-0.2, 0) is 4.79 Å². The maximum Gasteiger partial charge on any atom is 0.145 e.